The van der Waals surface area contributed by atoms with E-state index in [1.165, 1.54) is 0 Å². The van der Waals surface area contributed by atoms with Gasteiger partial charge in [0.15, 0.2) is 6.61 Å². The quantitative estimate of drug-likeness (QED) is 0.801. The predicted molar refractivity (Wildman–Crippen MR) is 75.3 cm³/mol. The van der Waals surface area contributed by atoms with E-state index in [2.05, 4.69) is 5.32 Å². The number of nitrogens with two attached hydrogens (primary N) is 1. The van der Waals surface area contributed by atoms with Gasteiger partial charge in [-0.1, -0.05) is 12.1 Å². The molecule has 0 aliphatic heterocycles. The molecule has 3 N–H and O–H groups in total. The van der Waals surface area contributed by atoms with Crippen molar-refractivity contribution in [1.82, 2.24) is 5.32 Å². The van der Waals surface area contributed by atoms with Crippen LogP contribution in [-0.2, 0) is 17.8 Å². The van der Waals surface area contributed by atoms with Crippen LogP contribution >= 0.6 is 0 Å². The van der Waals surface area contributed by atoms with Crippen LogP contribution in [0.2, 0.25) is 0 Å². The molecule has 0 spiro atoms. The molecule has 0 saturated carbocycles. The Hall–Kier alpha value is -2.27. The third-order valence-corrected chi connectivity index (χ3v) is 2.80. The van der Waals surface area contributed by atoms with Crippen LogP contribution in [0.1, 0.15) is 11.3 Å². The number of ether oxygens (including phenoxy) is 1. The van der Waals surface area contributed by atoms with E-state index in [4.69, 9.17) is 14.9 Å². The van der Waals surface area contributed by atoms with E-state index in [9.17, 15) is 4.79 Å². The summed E-state index contributed by atoms with van der Waals surface area (Å²) < 4.78 is 10.6. The Morgan fingerprint density at radius 2 is 2.05 bits per heavy atom. The maximum Gasteiger partial charge on any atom is 0.257 e. The Kier molecular flexibility index (Phi) is 5.20. The fourth-order valence-electron chi connectivity index (χ4n) is 1.70. The molecule has 0 aliphatic rings. The first-order valence-corrected chi connectivity index (χ1v) is 6.49. The lowest BCUT2D eigenvalue weighted by atomic mass is 10.2. The highest BCUT2D eigenvalue weighted by molar-refractivity contribution is 5.77. The topological polar surface area (TPSA) is 77.5 Å². The second-order valence-electron chi connectivity index (χ2n) is 4.32. The van der Waals surface area contributed by atoms with Crippen molar-refractivity contribution in [3.8, 4) is 5.75 Å². The zero-order valence-corrected chi connectivity index (χ0v) is 11.2. The highest BCUT2D eigenvalue weighted by atomic mass is 16.5. The minimum absolute atomic E-state index is 0.000125. The summed E-state index contributed by atoms with van der Waals surface area (Å²) in [4.78, 5) is 11.6. The maximum atomic E-state index is 11.6. The van der Waals surface area contributed by atoms with Gasteiger partial charge in [-0.3, -0.25) is 4.79 Å². The second-order valence-corrected chi connectivity index (χ2v) is 4.32. The van der Waals surface area contributed by atoms with Crippen LogP contribution in [0.3, 0.4) is 0 Å². The summed E-state index contributed by atoms with van der Waals surface area (Å²) >= 11 is 0. The van der Waals surface area contributed by atoms with Crippen LogP contribution in [0, 0.1) is 0 Å². The van der Waals surface area contributed by atoms with E-state index in [1.807, 2.05) is 24.3 Å². The van der Waals surface area contributed by atoms with Gasteiger partial charge in [0, 0.05) is 19.5 Å². The van der Waals surface area contributed by atoms with Crippen molar-refractivity contribution in [2.24, 2.45) is 5.73 Å². The molecule has 0 bridgehead atoms. The molecule has 0 radical (unpaired) electrons. The lowest BCUT2D eigenvalue weighted by molar-refractivity contribution is -0.123. The van der Waals surface area contributed by atoms with E-state index >= 15 is 0 Å². The Morgan fingerprint density at radius 1 is 1.25 bits per heavy atom. The lowest BCUT2D eigenvalue weighted by Gasteiger charge is -2.07. The normalized spacial score (nSPS) is 10.2. The fourth-order valence-corrected chi connectivity index (χ4v) is 1.70. The third kappa shape index (κ3) is 4.44. The van der Waals surface area contributed by atoms with Gasteiger partial charge < -0.3 is 20.2 Å². The molecule has 0 fully saturated rings. The average molecular weight is 274 g/mol. The van der Waals surface area contributed by atoms with Gasteiger partial charge in [0.1, 0.15) is 11.5 Å². The van der Waals surface area contributed by atoms with Crippen molar-refractivity contribution < 1.29 is 13.9 Å². The number of rotatable bonds is 7. The third-order valence-electron chi connectivity index (χ3n) is 2.80. The largest absolute Gasteiger partial charge is 0.484 e. The Bertz CT molecular complexity index is 521. The van der Waals surface area contributed by atoms with Crippen LogP contribution in [0.4, 0.5) is 0 Å². The summed E-state index contributed by atoms with van der Waals surface area (Å²) in [6.07, 6.45) is 2.29. The number of amides is 1. The summed E-state index contributed by atoms with van der Waals surface area (Å²) in [7, 11) is 0. The summed E-state index contributed by atoms with van der Waals surface area (Å²) in [6, 6.07) is 11.1. The Morgan fingerprint density at radius 3 is 2.70 bits per heavy atom. The SMILES string of the molecule is NCc1ccc(OCC(=O)NCCc2ccco2)cc1. The Balaban J connectivity index is 1.66. The van der Waals surface area contributed by atoms with Crippen LogP contribution in [0.15, 0.2) is 47.1 Å². The number of benzene rings is 1. The lowest BCUT2D eigenvalue weighted by Crippen LogP contribution is -2.30. The second kappa shape index (κ2) is 7.35. The average Bonchev–Trinajstić information content (AvgIpc) is 2.99. The highest BCUT2D eigenvalue weighted by Crippen LogP contribution is 2.11. The van der Waals surface area contributed by atoms with E-state index < -0.39 is 0 Å². The molecule has 1 aromatic heterocycles. The first-order chi connectivity index (χ1) is 9.78. The van der Waals surface area contributed by atoms with Gasteiger partial charge in [0.25, 0.3) is 5.91 Å². The van der Waals surface area contributed by atoms with E-state index in [0.717, 1.165) is 11.3 Å². The van der Waals surface area contributed by atoms with Crippen LogP contribution in [0.25, 0.3) is 0 Å². The zero-order chi connectivity index (χ0) is 14.2. The number of furan rings is 1. The summed E-state index contributed by atoms with van der Waals surface area (Å²) in [5, 5.41) is 2.77. The first kappa shape index (κ1) is 14.1. The smallest absolute Gasteiger partial charge is 0.257 e. The van der Waals surface area contributed by atoms with Gasteiger partial charge in [-0.25, -0.2) is 0 Å². The first-order valence-electron chi connectivity index (χ1n) is 6.49. The molecule has 5 nitrogen and oxygen atoms in total. The van der Waals surface area contributed by atoms with E-state index in [1.54, 1.807) is 18.4 Å². The fraction of sp³-hybridized carbons (Fsp3) is 0.267. The maximum absolute atomic E-state index is 11.6. The van der Waals surface area contributed by atoms with E-state index in [-0.39, 0.29) is 12.5 Å². The minimum atomic E-state index is -0.153. The van der Waals surface area contributed by atoms with Crippen molar-refractivity contribution in [2.45, 2.75) is 13.0 Å². The molecule has 0 saturated heterocycles. The molecule has 1 heterocycles. The standard InChI is InChI=1S/C15H18N2O3/c16-10-12-3-5-14(6-4-12)20-11-15(18)17-8-7-13-2-1-9-19-13/h1-6,9H,7-8,10-11,16H2,(H,17,18). The van der Waals surface area contributed by atoms with Gasteiger partial charge in [0.2, 0.25) is 0 Å². The highest BCUT2D eigenvalue weighted by Gasteiger charge is 2.03. The van der Waals surface area contributed by atoms with Crippen LogP contribution < -0.4 is 15.8 Å². The van der Waals surface area contributed by atoms with Gasteiger partial charge in [0.05, 0.1) is 6.26 Å². The molecule has 0 atom stereocenters. The Labute approximate surface area is 117 Å². The molecular formula is C15H18N2O3. The van der Waals surface area contributed by atoms with Crippen molar-refractivity contribution >= 4 is 5.91 Å². The van der Waals surface area contributed by atoms with Crippen molar-refractivity contribution in [1.29, 1.82) is 0 Å². The van der Waals surface area contributed by atoms with Crippen LogP contribution in [-0.4, -0.2) is 19.1 Å². The molecule has 2 rings (SSSR count). The number of carbonyl (C=O) groups excluding carboxylic acids is 1. The molecule has 1 amide bonds. The number of hydrogen-bond donors (Lipinski definition) is 2. The summed E-state index contributed by atoms with van der Waals surface area (Å²) in [6.45, 7) is 1.02. The molecule has 5 heteroatoms. The number of nitrogens with one attached hydrogen (secondary N) is 1. The molecule has 106 valence electrons. The van der Waals surface area contributed by atoms with Gasteiger partial charge in [-0.15, -0.1) is 0 Å². The summed E-state index contributed by atoms with van der Waals surface area (Å²) in [5.74, 6) is 1.35. The monoisotopic (exact) mass is 274 g/mol. The van der Waals surface area contributed by atoms with Crippen LogP contribution in [0.5, 0.6) is 5.75 Å². The van der Waals surface area contributed by atoms with E-state index in [0.29, 0.717) is 25.3 Å². The summed E-state index contributed by atoms with van der Waals surface area (Å²) in [5.41, 5.74) is 6.53. The molecule has 1 aromatic carbocycles. The van der Waals surface area contributed by atoms with Gasteiger partial charge in [-0.05, 0) is 29.8 Å². The van der Waals surface area contributed by atoms with Gasteiger partial charge in [-0.2, -0.15) is 0 Å². The zero-order valence-electron chi connectivity index (χ0n) is 11.2. The predicted octanol–water partition coefficient (Wildman–Crippen LogP) is 1.48. The minimum Gasteiger partial charge on any atom is -0.484 e. The van der Waals surface area contributed by atoms with Crippen molar-refractivity contribution in [2.75, 3.05) is 13.2 Å². The molecule has 2 aromatic rings. The number of hydrogen-bond acceptors (Lipinski definition) is 4. The molecule has 0 unspecified atom stereocenters. The van der Waals surface area contributed by atoms with Crippen molar-refractivity contribution in [3.05, 3.63) is 54.0 Å². The molecular weight excluding hydrogens is 256 g/mol. The molecule has 20 heavy (non-hydrogen) atoms. The van der Waals surface area contributed by atoms with Gasteiger partial charge >= 0.3 is 0 Å². The number of carbonyl (C=O) groups is 1. The van der Waals surface area contributed by atoms with Crippen molar-refractivity contribution in [3.63, 3.8) is 0 Å². The molecule has 0 aliphatic carbocycles.